The highest BCUT2D eigenvalue weighted by molar-refractivity contribution is 5.81. The zero-order valence-electron chi connectivity index (χ0n) is 11.0. The minimum absolute atomic E-state index is 0.241. The van der Waals surface area contributed by atoms with Crippen molar-refractivity contribution in [1.29, 1.82) is 0 Å². The van der Waals surface area contributed by atoms with Crippen LogP contribution in [0.15, 0.2) is 0 Å². The van der Waals surface area contributed by atoms with Crippen LogP contribution in [0.5, 0.6) is 0 Å². The van der Waals surface area contributed by atoms with E-state index in [-0.39, 0.29) is 18.5 Å². The van der Waals surface area contributed by atoms with Gasteiger partial charge in [0, 0.05) is 6.61 Å². The molecule has 1 atom stereocenters. The largest absolute Gasteiger partial charge is 0.468 e. The van der Waals surface area contributed by atoms with Crippen molar-refractivity contribution in [3.05, 3.63) is 0 Å². The summed E-state index contributed by atoms with van der Waals surface area (Å²) in [5, 5.41) is 0. The Hall–Kier alpha value is -0.610. The van der Waals surface area contributed by atoms with E-state index in [4.69, 9.17) is 15.2 Å². The fraction of sp³-hybridized carbons (Fsp3) is 0.923. The van der Waals surface area contributed by atoms with E-state index in [1.54, 1.807) is 0 Å². The van der Waals surface area contributed by atoms with Gasteiger partial charge in [-0.1, -0.05) is 26.2 Å². The van der Waals surface area contributed by atoms with Crippen LogP contribution in [0.2, 0.25) is 0 Å². The molecule has 1 aliphatic carbocycles. The van der Waals surface area contributed by atoms with E-state index in [0.717, 1.165) is 19.3 Å². The van der Waals surface area contributed by atoms with E-state index in [1.807, 2.05) is 0 Å². The highest BCUT2D eigenvalue weighted by Crippen LogP contribution is 2.39. The van der Waals surface area contributed by atoms with Crippen molar-refractivity contribution in [3.8, 4) is 0 Å². The van der Waals surface area contributed by atoms with Gasteiger partial charge in [-0.2, -0.15) is 0 Å². The van der Waals surface area contributed by atoms with Crippen molar-refractivity contribution in [2.24, 2.45) is 11.7 Å². The second kappa shape index (κ2) is 6.97. The fourth-order valence-electron chi connectivity index (χ4n) is 2.00. The van der Waals surface area contributed by atoms with E-state index in [1.165, 1.54) is 26.4 Å². The first-order valence-corrected chi connectivity index (χ1v) is 6.60. The van der Waals surface area contributed by atoms with Crippen molar-refractivity contribution in [1.82, 2.24) is 0 Å². The highest BCUT2D eigenvalue weighted by Gasteiger charge is 2.49. The van der Waals surface area contributed by atoms with Crippen LogP contribution in [0.25, 0.3) is 0 Å². The standard InChI is InChI=1S/C13H25NO3/c1-3-4-5-6-9-17-10-13(14,11-7-8-11)12(15)16-2/h11H,3-10,14H2,1-2H3. The van der Waals surface area contributed by atoms with Gasteiger partial charge in [0.15, 0.2) is 0 Å². The molecule has 0 amide bonds. The Morgan fingerprint density at radius 2 is 2.06 bits per heavy atom. The Bertz CT molecular complexity index is 241. The summed E-state index contributed by atoms with van der Waals surface area (Å²) in [6.07, 6.45) is 6.67. The van der Waals surface area contributed by atoms with Crippen LogP contribution in [0.3, 0.4) is 0 Å². The molecular formula is C13H25NO3. The molecule has 0 aromatic carbocycles. The zero-order chi connectivity index (χ0) is 12.7. The van der Waals surface area contributed by atoms with Crippen LogP contribution >= 0.6 is 0 Å². The molecule has 1 fully saturated rings. The number of rotatable bonds is 9. The van der Waals surface area contributed by atoms with Gasteiger partial charge in [-0.3, -0.25) is 0 Å². The summed E-state index contributed by atoms with van der Waals surface area (Å²) in [5.41, 5.74) is 5.18. The number of esters is 1. The SMILES string of the molecule is CCCCCCOCC(N)(C(=O)OC)C1CC1. The van der Waals surface area contributed by atoms with Crippen molar-refractivity contribution in [2.75, 3.05) is 20.3 Å². The Labute approximate surface area is 104 Å². The van der Waals surface area contributed by atoms with Gasteiger partial charge in [-0.15, -0.1) is 0 Å². The summed E-state index contributed by atoms with van der Waals surface area (Å²) >= 11 is 0. The molecule has 100 valence electrons. The summed E-state index contributed by atoms with van der Waals surface area (Å²) in [6, 6.07) is 0. The smallest absolute Gasteiger partial charge is 0.328 e. The molecule has 0 bridgehead atoms. The van der Waals surface area contributed by atoms with Gasteiger partial charge in [0.25, 0.3) is 0 Å². The maximum atomic E-state index is 11.7. The monoisotopic (exact) mass is 243 g/mol. The lowest BCUT2D eigenvalue weighted by Gasteiger charge is -2.26. The summed E-state index contributed by atoms with van der Waals surface area (Å²) in [5.74, 6) is -0.0980. The lowest BCUT2D eigenvalue weighted by atomic mass is 9.96. The summed E-state index contributed by atoms with van der Waals surface area (Å²) in [4.78, 5) is 11.7. The van der Waals surface area contributed by atoms with Crippen LogP contribution in [0.4, 0.5) is 0 Å². The number of nitrogens with two attached hydrogens (primary N) is 1. The Balaban J connectivity index is 2.23. The van der Waals surface area contributed by atoms with Crippen molar-refractivity contribution in [2.45, 2.75) is 51.0 Å². The number of carbonyl (C=O) groups is 1. The van der Waals surface area contributed by atoms with Crippen LogP contribution in [0.1, 0.15) is 45.4 Å². The molecular weight excluding hydrogens is 218 g/mol. The summed E-state index contributed by atoms with van der Waals surface area (Å²) in [7, 11) is 1.38. The molecule has 2 N–H and O–H groups in total. The molecule has 0 aromatic heterocycles. The average Bonchev–Trinajstić information content (AvgIpc) is 3.16. The number of ether oxygens (including phenoxy) is 2. The van der Waals surface area contributed by atoms with E-state index < -0.39 is 5.54 Å². The maximum absolute atomic E-state index is 11.7. The average molecular weight is 243 g/mol. The molecule has 0 aromatic rings. The van der Waals surface area contributed by atoms with Gasteiger partial charge in [-0.25, -0.2) is 4.79 Å². The summed E-state index contributed by atoms with van der Waals surface area (Å²) in [6.45, 7) is 3.15. The third-order valence-electron chi connectivity index (χ3n) is 3.35. The molecule has 1 saturated carbocycles. The quantitative estimate of drug-likeness (QED) is 0.496. The molecule has 1 aliphatic rings. The van der Waals surface area contributed by atoms with Gasteiger partial charge in [0.2, 0.25) is 0 Å². The number of hydrogen-bond donors (Lipinski definition) is 1. The third-order valence-corrected chi connectivity index (χ3v) is 3.35. The maximum Gasteiger partial charge on any atom is 0.328 e. The molecule has 0 heterocycles. The number of unbranched alkanes of at least 4 members (excludes halogenated alkanes) is 3. The second-order valence-corrected chi connectivity index (χ2v) is 4.92. The minimum atomic E-state index is -0.917. The lowest BCUT2D eigenvalue weighted by Crippen LogP contribution is -2.54. The molecule has 0 aliphatic heterocycles. The second-order valence-electron chi connectivity index (χ2n) is 4.92. The van der Waals surface area contributed by atoms with Crippen LogP contribution in [-0.4, -0.2) is 31.8 Å². The Kier molecular flexibility index (Phi) is 5.92. The molecule has 4 nitrogen and oxygen atoms in total. The van der Waals surface area contributed by atoms with E-state index >= 15 is 0 Å². The molecule has 0 saturated heterocycles. The van der Waals surface area contributed by atoms with Gasteiger partial charge < -0.3 is 15.2 Å². The van der Waals surface area contributed by atoms with Crippen LogP contribution < -0.4 is 5.73 Å². The van der Waals surface area contributed by atoms with Crippen molar-refractivity contribution in [3.63, 3.8) is 0 Å². The van der Waals surface area contributed by atoms with Gasteiger partial charge in [0.05, 0.1) is 13.7 Å². The first kappa shape index (κ1) is 14.5. The topological polar surface area (TPSA) is 61.5 Å². The van der Waals surface area contributed by atoms with E-state index in [9.17, 15) is 4.79 Å². The molecule has 0 radical (unpaired) electrons. The molecule has 4 heteroatoms. The summed E-state index contributed by atoms with van der Waals surface area (Å²) < 4.78 is 10.3. The minimum Gasteiger partial charge on any atom is -0.468 e. The normalized spacial score (nSPS) is 18.8. The Morgan fingerprint density at radius 3 is 2.59 bits per heavy atom. The van der Waals surface area contributed by atoms with Crippen molar-refractivity contribution < 1.29 is 14.3 Å². The molecule has 0 spiro atoms. The third kappa shape index (κ3) is 4.28. The predicted octanol–water partition coefficient (Wildman–Crippen LogP) is 1.86. The number of methoxy groups -OCH3 is 1. The predicted molar refractivity (Wildman–Crippen MR) is 66.6 cm³/mol. The van der Waals surface area contributed by atoms with Crippen LogP contribution in [-0.2, 0) is 14.3 Å². The van der Waals surface area contributed by atoms with Gasteiger partial charge >= 0.3 is 5.97 Å². The van der Waals surface area contributed by atoms with E-state index in [0.29, 0.717) is 6.61 Å². The van der Waals surface area contributed by atoms with Gasteiger partial charge in [0.1, 0.15) is 5.54 Å². The van der Waals surface area contributed by atoms with Gasteiger partial charge in [-0.05, 0) is 25.2 Å². The zero-order valence-corrected chi connectivity index (χ0v) is 11.0. The van der Waals surface area contributed by atoms with E-state index in [2.05, 4.69) is 6.92 Å². The van der Waals surface area contributed by atoms with Crippen molar-refractivity contribution >= 4 is 5.97 Å². The lowest BCUT2D eigenvalue weighted by molar-refractivity contribution is -0.150. The first-order valence-electron chi connectivity index (χ1n) is 6.60. The fourth-order valence-corrected chi connectivity index (χ4v) is 2.00. The number of carbonyl (C=O) groups excluding carboxylic acids is 1. The molecule has 1 rings (SSSR count). The Morgan fingerprint density at radius 1 is 1.35 bits per heavy atom. The van der Waals surface area contributed by atoms with Crippen LogP contribution in [0, 0.1) is 5.92 Å². The molecule has 17 heavy (non-hydrogen) atoms. The number of hydrogen-bond acceptors (Lipinski definition) is 4. The highest BCUT2D eigenvalue weighted by atomic mass is 16.5. The molecule has 1 unspecified atom stereocenters. The first-order chi connectivity index (χ1) is 8.15.